The molecule has 6 nitrogen and oxygen atoms in total. The first kappa shape index (κ1) is 19.9. The molecule has 0 fully saturated rings. The molecule has 0 saturated heterocycles. The predicted molar refractivity (Wildman–Crippen MR) is 113 cm³/mol. The van der Waals surface area contributed by atoms with Gasteiger partial charge in [-0.25, -0.2) is 0 Å². The molecule has 1 aromatic heterocycles. The van der Waals surface area contributed by atoms with Gasteiger partial charge in [0.2, 0.25) is 5.91 Å². The Morgan fingerprint density at radius 2 is 1.82 bits per heavy atom. The van der Waals surface area contributed by atoms with E-state index in [9.17, 15) is 4.79 Å². The van der Waals surface area contributed by atoms with Crippen molar-refractivity contribution in [3.63, 3.8) is 0 Å². The highest BCUT2D eigenvalue weighted by molar-refractivity contribution is 7.99. The Morgan fingerprint density at radius 1 is 1.11 bits per heavy atom. The third-order valence-corrected chi connectivity index (χ3v) is 5.36. The van der Waals surface area contributed by atoms with E-state index in [4.69, 9.17) is 4.74 Å². The Morgan fingerprint density at radius 3 is 2.54 bits per heavy atom. The van der Waals surface area contributed by atoms with Crippen molar-refractivity contribution < 1.29 is 9.53 Å². The molecule has 3 rings (SSSR count). The molecule has 146 valence electrons. The van der Waals surface area contributed by atoms with Crippen molar-refractivity contribution in [1.82, 2.24) is 14.8 Å². The number of benzene rings is 2. The first-order valence-electron chi connectivity index (χ1n) is 9.11. The summed E-state index contributed by atoms with van der Waals surface area (Å²) in [6, 6.07) is 13.7. The summed E-state index contributed by atoms with van der Waals surface area (Å²) in [7, 11) is 1.89. The smallest absolute Gasteiger partial charge is 0.234 e. The van der Waals surface area contributed by atoms with Crippen LogP contribution in [-0.2, 0) is 11.8 Å². The number of carbonyl (C=O) groups excluding carboxylic acids is 1. The van der Waals surface area contributed by atoms with Crippen LogP contribution < -0.4 is 10.1 Å². The van der Waals surface area contributed by atoms with Crippen LogP contribution in [0.5, 0.6) is 5.75 Å². The topological polar surface area (TPSA) is 69.0 Å². The molecule has 1 N–H and O–H groups in total. The number of ether oxygens (including phenoxy) is 1. The van der Waals surface area contributed by atoms with Gasteiger partial charge in [0.15, 0.2) is 11.0 Å². The number of rotatable bonds is 7. The van der Waals surface area contributed by atoms with E-state index in [-0.39, 0.29) is 11.7 Å². The van der Waals surface area contributed by atoms with Crippen LogP contribution in [0.4, 0.5) is 5.69 Å². The van der Waals surface area contributed by atoms with Gasteiger partial charge in [-0.05, 0) is 44.0 Å². The fourth-order valence-corrected chi connectivity index (χ4v) is 3.64. The van der Waals surface area contributed by atoms with Crippen LogP contribution in [-0.4, -0.2) is 33.0 Å². The largest absolute Gasteiger partial charge is 0.493 e. The van der Waals surface area contributed by atoms with Gasteiger partial charge in [-0.3, -0.25) is 4.79 Å². The zero-order valence-electron chi connectivity index (χ0n) is 16.5. The highest BCUT2D eigenvalue weighted by atomic mass is 32.2. The van der Waals surface area contributed by atoms with Crippen LogP contribution in [0.3, 0.4) is 0 Å². The first-order valence-corrected chi connectivity index (χ1v) is 10.1. The molecule has 0 atom stereocenters. The summed E-state index contributed by atoms with van der Waals surface area (Å²) in [5, 5.41) is 12.2. The summed E-state index contributed by atoms with van der Waals surface area (Å²) in [5.41, 5.74) is 3.85. The summed E-state index contributed by atoms with van der Waals surface area (Å²) >= 11 is 1.36. The van der Waals surface area contributed by atoms with Crippen LogP contribution in [0.2, 0.25) is 0 Å². The minimum Gasteiger partial charge on any atom is -0.493 e. The van der Waals surface area contributed by atoms with Crippen LogP contribution in [0, 0.1) is 13.8 Å². The van der Waals surface area contributed by atoms with Gasteiger partial charge in [-0.15, -0.1) is 10.2 Å². The molecule has 28 heavy (non-hydrogen) atoms. The summed E-state index contributed by atoms with van der Waals surface area (Å²) in [4.78, 5) is 12.4. The van der Waals surface area contributed by atoms with Crippen molar-refractivity contribution in [3.05, 3.63) is 53.6 Å². The number of aromatic nitrogens is 3. The second-order valence-corrected chi connectivity index (χ2v) is 7.34. The van der Waals surface area contributed by atoms with Crippen LogP contribution in [0.25, 0.3) is 11.4 Å². The maximum absolute atomic E-state index is 12.4. The number of para-hydroxylation sites is 2. The fourth-order valence-electron chi connectivity index (χ4n) is 2.93. The van der Waals surface area contributed by atoms with E-state index in [0.717, 1.165) is 28.1 Å². The second kappa shape index (κ2) is 8.93. The molecule has 1 heterocycles. The van der Waals surface area contributed by atoms with Gasteiger partial charge in [-0.1, -0.05) is 42.1 Å². The molecule has 2 aromatic carbocycles. The third-order valence-electron chi connectivity index (χ3n) is 4.34. The van der Waals surface area contributed by atoms with E-state index in [1.54, 1.807) is 0 Å². The van der Waals surface area contributed by atoms with Gasteiger partial charge >= 0.3 is 0 Å². The number of carbonyl (C=O) groups is 1. The Kier molecular flexibility index (Phi) is 6.36. The van der Waals surface area contributed by atoms with Crippen molar-refractivity contribution in [2.45, 2.75) is 25.9 Å². The second-order valence-electron chi connectivity index (χ2n) is 6.40. The number of hydrogen-bond donors (Lipinski definition) is 1. The molecule has 0 saturated carbocycles. The molecule has 0 aliphatic rings. The van der Waals surface area contributed by atoms with E-state index in [0.29, 0.717) is 17.6 Å². The molecule has 0 unspecified atom stereocenters. The quantitative estimate of drug-likeness (QED) is 0.605. The number of hydrogen-bond acceptors (Lipinski definition) is 5. The Balaban J connectivity index is 1.71. The molecular weight excluding hydrogens is 372 g/mol. The molecule has 0 spiro atoms. The molecule has 0 bridgehead atoms. The SMILES string of the molecule is CCOc1ccccc1-c1nnc(SCC(=O)Nc2c(C)cccc2C)n1C. The zero-order chi connectivity index (χ0) is 20.1. The summed E-state index contributed by atoms with van der Waals surface area (Å²) in [6.07, 6.45) is 0. The van der Waals surface area contributed by atoms with E-state index in [1.807, 2.05) is 74.9 Å². The first-order chi connectivity index (χ1) is 13.5. The van der Waals surface area contributed by atoms with Crippen molar-refractivity contribution in [2.75, 3.05) is 17.7 Å². The van der Waals surface area contributed by atoms with E-state index in [1.165, 1.54) is 11.8 Å². The fraction of sp³-hybridized carbons (Fsp3) is 0.286. The van der Waals surface area contributed by atoms with Crippen LogP contribution >= 0.6 is 11.8 Å². The van der Waals surface area contributed by atoms with Gasteiger partial charge < -0.3 is 14.6 Å². The maximum atomic E-state index is 12.4. The Labute approximate surface area is 169 Å². The Hall–Kier alpha value is -2.80. The minimum atomic E-state index is -0.0679. The van der Waals surface area contributed by atoms with Gasteiger partial charge in [0, 0.05) is 12.7 Å². The van der Waals surface area contributed by atoms with Crippen molar-refractivity contribution in [3.8, 4) is 17.1 Å². The summed E-state index contributed by atoms with van der Waals surface area (Å²) in [5.74, 6) is 1.67. The third kappa shape index (κ3) is 4.36. The highest BCUT2D eigenvalue weighted by Crippen LogP contribution is 2.30. The van der Waals surface area contributed by atoms with Gasteiger partial charge in [0.1, 0.15) is 5.75 Å². The average Bonchev–Trinajstić information content (AvgIpc) is 3.04. The summed E-state index contributed by atoms with van der Waals surface area (Å²) in [6.45, 7) is 6.50. The molecule has 0 aliphatic carbocycles. The van der Waals surface area contributed by atoms with Gasteiger partial charge in [-0.2, -0.15) is 0 Å². The zero-order valence-corrected chi connectivity index (χ0v) is 17.3. The molecule has 0 aliphatic heterocycles. The standard InChI is InChI=1S/C21H24N4O2S/c1-5-27-17-12-7-6-11-16(17)20-23-24-21(25(20)4)28-13-18(26)22-19-14(2)9-8-10-15(19)3/h6-12H,5,13H2,1-4H3,(H,22,26). The predicted octanol–water partition coefficient (Wildman–Crippen LogP) is 4.23. The molecule has 3 aromatic rings. The molecular formula is C21H24N4O2S. The maximum Gasteiger partial charge on any atom is 0.234 e. The minimum absolute atomic E-state index is 0.0679. The number of nitrogens with zero attached hydrogens (tertiary/aromatic N) is 3. The normalized spacial score (nSPS) is 10.7. The highest BCUT2D eigenvalue weighted by Gasteiger charge is 2.16. The number of thioether (sulfide) groups is 1. The van der Waals surface area contributed by atoms with E-state index < -0.39 is 0 Å². The number of amides is 1. The lowest BCUT2D eigenvalue weighted by molar-refractivity contribution is -0.113. The monoisotopic (exact) mass is 396 g/mol. The number of anilines is 1. The number of aryl methyl sites for hydroxylation is 2. The molecule has 0 radical (unpaired) electrons. The van der Waals surface area contributed by atoms with Crippen molar-refractivity contribution in [2.24, 2.45) is 7.05 Å². The molecule has 7 heteroatoms. The average molecular weight is 397 g/mol. The van der Waals surface area contributed by atoms with Gasteiger partial charge in [0.05, 0.1) is 17.9 Å². The molecule has 1 amide bonds. The van der Waals surface area contributed by atoms with Crippen molar-refractivity contribution in [1.29, 1.82) is 0 Å². The van der Waals surface area contributed by atoms with E-state index >= 15 is 0 Å². The van der Waals surface area contributed by atoms with Crippen molar-refractivity contribution >= 4 is 23.4 Å². The lowest BCUT2D eigenvalue weighted by atomic mass is 10.1. The summed E-state index contributed by atoms with van der Waals surface area (Å²) < 4.78 is 7.57. The lowest BCUT2D eigenvalue weighted by Gasteiger charge is -2.11. The van der Waals surface area contributed by atoms with E-state index in [2.05, 4.69) is 15.5 Å². The number of nitrogens with one attached hydrogen (secondary N) is 1. The Bertz CT molecular complexity index is 964. The lowest BCUT2D eigenvalue weighted by Crippen LogP contribution is -2.16. The van der Waals surface area contributed by atoms with Gasteiger partial charge in [0.25, 0.3) is 0 Å². The van der Waals surface area contributed by atoms with Crippen LogP contribution in [0.15, 0.2) is 47.6 Å². The van der Waals surface area contributed by atoms with Crippen LogP contribution in [0.1, 0.15) is 18.1 Å².